The fraction of sp³-hybridized carbons (Fsp3) is 0.100. The third-order valence-corrected chi connectivity index (χ3v) is 4.31. The average Bonchev–Trinajstić information content (AvgIpc) is 3.49. The summed E-state index contributed by atoms with van der Waals surface area (Å²) >= 11 is 2.76. The number of nitrogens with one attached hydrogen (secondary N) is 1. The molecule has 0 fully saturated rings. The maximum absolute atomic E-state index is 13.2. The first kappa shape index (κ1) is 27.4. The number of nitrogens with zero attached hydrogens (tertiary/aromatic N) is 5. The van der Waals surface area contributed by atoms with E-state index in [-0.39, 0.29) is 11.9 Å². The first-order valence-corrected chi connectivity index (χ1v) is 10.3. The van der Waals surface area contributed by atoms with Crippen molar-refractivity contribution in [2.75, 3.05) is 5.33 Å². The summed E-state index contributed by atoms with van der Waals surface area (Å²) in [4.78, 5) is 29.6. The zero-order valence-corrected chi connectivity index (χ0v) is 18.8. The molecule has 2 aromatic carbocycles. The zero-order chi connectivity index (χ0) is 26.0. The van der Waals surface area contributed by atoms with Crippen molar-refractivity contribution in [3.05, 3.63) is 95.6 Å². The Morgan fingerprint density at radius 2 is 1.31 bits per heavy atom. The number of aromatic nitrogens is 6. The zero-order valence-electron chi connectivity index (χ0n) is 17.2. The number of Topliss-reactive ketones (excluding diaryl/α,β-unsaturated/α-hetero) is 2. The van der Waals surface area contributed by atoms with E-state index in [1.165, 1.54) is 25.3 Å². The number of ketones is 2. The van der Waals surface area contributed by atoms with Gasteiger partial charge in [0.25, 0.3) is 0 Å². The highest BCUT2D eigenvalue weighted by molar-refractivity contribution is 9.09. The van der Waals surface area contributed by atoms with Crippen molar-refractivity contribution in [3.63, 3.8) is 0 Å². The van der Waals surface area contributed by atoms with Gasteiger partial charge in [0, 0.05) is 24.3 Å². The average molecular weight is 563 g/mol. The molecule has 0 aliphatic carbocycles. The van der Waals surface area contributed by atoms with Gasteiger partial charge in [-0.25, -0.2) is 41.0 Å². The van der Waals surface area contributed by atoms with E-state index in [4.69, 9.17) is 0 Å². The highest BCUT2D eigenvalue weighted by Gasteiger charge is 2.19. The summed E-state index contributed by atoms with van der Waals surface area (Å²) < 4.78 is 78.3. The molecule has 4 aromatic rings. The summed E-state index contributed by atoms with van der Waals surface area (Å²) in [7, 11) is 0. The number of alkyl halides is 1. The van der Waals surface area contributed by atoms with Crippen LogP contribution in [0.1, 0.15) is 20.7 Å². The second kappa shape index (κ2) is 13.1. The maximum Gasteiger partial charge on any atom is 0.190 e. The van der Waals surface area contributed by atoms with Gasteiger partial charge >= 0.3 is 0 Å². The predicted molar refractivity (Wildman–Crippen MR) is 111 cm³/mol. The van der Waals surface area contributed by atoms with Crippen LogP contribution in [0.2, 0.25) is 0 Å². The van der Waals surface area contributed by atoms with Crippen LogP contribution in [0.3, 0.4) is 0 Å². The molecule has 0 saturated carbocycles. The van der Waals surface area contributed by atoms with Crippen molar-refractivity contribution in [1.29, 1.82) is 0 Å². The number of benzene rings is 2. The normalized spacial score (nSPS) is 10.0. The van der Waals surface area contributed by atoms with E-state index in [9.17, 15) is 35.9 Å². The minimum atomic E-state index is -1.23. The maximum atomic E-state index is 13.2. The lowest BCUT2D eigenvalue weighted by molar-refractivity contribution is 0.0957. The predicted octanol–water partition coefficient (Wildman–Crippen LogP) is 4.06. The Balaban J connectivity index is 0.000000211. The first-order valence-electron chi connectivity index (χ1n) is 9.16. The van der Waals surface area contributed by atoms with Crippen LogP contribution >= 0.6 is 15.9 Å². The molecule has 2 aromatic heterocycles. The molecular formula is C20H13BrF6N6O2. The number of halogens is 7. The molecule has 8 nitrogen and oxygen atoms in total. The van der Waals surface area contributed by atoms with Crippen LogP contribution in [0.25, 0.3) is 0 Å². The van der Waals surface area contributed by atoms with Gasteiger partial charge in [0.1, 0.15) is 66.8 Å². The molecule has 0 spiro atoms. The van der Waals surface area contributed by atoms with Gasteiger partial charge < -0.3 is 0 Å². The van der Waals surface area contributed by atoms with Gasteiger partial charge in [-0.3, -0.25) is 14.7 Å². The van der Waals surface area contributed by atoms with Crippen molar-refractivity contribution in [2.24, 2.45) is 0 Å². The number of hydrogen-bond acceptors (Lipinski definition) is 6. The molecular weight excluding hydrogens is 550 g/mol. The van der Waals surface area contributed by atoms with Crippen molar-refractivity contribution in [2.45, 2.75) is 6.54 Å². The monoisotopic (exact) mass is 562 g/mol. The third kappa shape index (κ3) is 8.13. The lowest BCUT2D eigenvalue weighted by atomic mass is 10.1. The van der Waals surface area contributed by atoms with Crippen molar-refractivity contribution in [1.82, 2.24) is 29.9 Å². The van der Waals surface area contributed by atoms with Crippen LogP contribution in [-0.2, 0) is 6.54 Å². The van der Waals surface area contributed by atoms with E-state index in [0.717, 1.165) is 4.68 Å². The standard InChI is InChI=1S/C10H6F3N3O.C8H4BrF3O.C2H3N3/c11-6-1-7(12)10(8(13)2-6)9(17)3-16-5-14-4-15-16;9-3-7(13)8-5(11)1-4(10)2-6(8)12;1-3-2-5-4-1/h1-2,4-5H,3H2;1-2H,3H2;1-2H,(H,3,4,5). The quantitative estimate of drug-likeness (QED) is 0.223. The Kier molecular flexibility index (Phi) is 10.3. The smallest absolute Gasteiger partial charge is 0.190 e. The fourth-order valence-electron chi connectivity index (χ4n) is 2.39. The molecule has 0 aliphatic rings. The van der Waals surface area contributed by atoms with E-state index < -0.39 is 57.6 Å². The van der Waals surface area contributed by atoms with Crippen LogP contribution in [0, 0.1) is 34.9 Å². The van der Waals surface area contributed by atoms with Crippen LogP contribution in [0.15, 0.2) is 49.6 Å². The van der Waals surface area contributed by atoms with Gasteiger partial charge in [0.05, 0.1) is 16.5 Å². The Morgan fingerprint density at radius 1 is 0.800 bits per heavy atom. The minimum Gasteiger partial charge on any atom is -0.293 e. The molecule has 184 valence electrons. The molecule has 15 heteroatoms. The third-order valence-electron chi connectivity index (χ3n) is 3.80. The second-order valence-electron chi connectivity index (χ2n) is 6.21. The Morgan fingerprint density at radius 3 is 1.66 bits per heavy atom. The van der Waals surface area contributed by atoms with E-state index in [1.807, 2.05) is 0 Å². The van der Waals surface area contributed by atoms with Gasteiger partial charge in [0.2, 0.25) is 0 Å². The lowest BCUT2D eigenvalue weighted by Crippen LogP contribution is -2.14. The van der Waals surface area contributed by atoms with E-state index in [0.29, 0.717) is 24.3 Å². The molecule has 35 heavy (non-hydrogen) atoms. The topological polar surface area (TPSA) is 106 Å². The van der Waals surface area contributed by atoms with E-state index in [2.05, 4.69) is 41.2 Å². The minimum absolute atomic E-state index is 0.202. The molecule has 0 bridgehead atoms. The first-order chi connectivity index (χ1) is 16.6. The Bertz CT molecular complexity index is 1210. The molecule has 0 amide bonds. The van der Waals surface area contributed by atoms with Gasteiger partial charge in [-0.1, -0.05) is 15.9 Å². The van der Waals surface area contributed by atoms with Gasteiger partial charge in [-0.2, -0.15) is 10.2 Å². The van der Waals surface area contributed by atoms with E-state index in [1.54, 1.807) is 0 Å². The number of carbonyl (C=O) groups is 2. The van der Waals surface area contributed by atoms with Gasteiger partial charge in [-0.05, 0) is 0 Å². The fourth-order valence-corrected chi connectivity index (χ4v) is 2.67. The SMILES string of the molecule is O=C(CBr)c1c(F)cc(F)cc1F.O=C(Cn1cncn1)c1c(F)cc(F)cc1F.c1nc[nH]n1. The van der Waals surface area contributed by atoms with Crippen LogP contribution in [-0.4, -0.2) is 46.8 Å². The highest BCUT2D eigenvalue weighted by atomic mass is 79.9. The number of hydrogen-bond donors (Lipinski definition) is 1. The molecule has 0 saturated heterocycles. The Hall–Kier alpha value is -3.88. The lowest BCUT2D eigenvalue weighted by Gasteiger charge is -2.04. The highest BCUT2D eigenvalue weighted by Crippen LogP contribution is 2.17. The molecule has 0 radical (unpaired) electrons. The molecule has 2 heterocycles. The Labute approximate surface area is 201 Å². The second-order valence-corrected chi connectivity index (χ2v) is 6.77. The van der Waals surface area contributed by atoms with Crippen molar-refractivity contribution in [3.8, 4) is 0 Å². The summed E-state index contributed by atoms with van der Waals surface area (Å²) in [5.74, 6) is -8.52. The van der Waals surface area contributed by atoms with Crippen LogP contribution < -0.4 is 0 Å². The molecule has 0 unspecified atom stereocenters. The van der Waals surface area contributed by atoms with Crippen LogP contribution in [0.4, 0.5) is 26.3 Å². The van der Waals surface area contributed by atoms with Crippen LogP contribution in [0.5, 0.6) is 0 Å². The molecule has 0 aliphatic heterocycles. The van der Waals surface area contributed by atoms with E-state index >= 15 is 0 Å². The number of H-pyrrole nitrogens is 1. The van der Waals surface area contributed by atoms with Crippen molar-refractivity contribution >= 4 is 27.5 Å². The largest absolute Gasteiger partial charge is 0.293 e. The molecule has 4 rings (SSSR count). The summed E-state index contributed by atoms with van der Waals surface area (Å²) in [6.45, 7) is -0.362. The van der Waals surface area contributed by atoms with Gasteiger partial charge in [-0.15, -0.1) is 0 Å². The number of carbonyl (C=O) groups excluding carboxylic acids is 2. The summed E-state index contributed by atoms with van der Waals surface area (Å²) in [5.41, 5.74) is -1.49. The summed E-state index contributed by atoms with van der Waals surface area (Å²) in [5, 5.41) is 9.41. The van der Waals surface area contributed by atoms with Gasteiger partial charge in [0.15, 0.2) is 11.6 Å². The van der Waals surface area contributed by atoms with Crippen molar-refractivity contribution < 1.29 is 35.9 Å². The summed E-state index contributed by atoms with van der Waals surface area (Å²) in [6.07, 6.45) is 5.38. The number of aromatic amines is 1. The molecule has 0 atom stereocenters. The number of rotatable bonds is 5. The summed E-state index contributed by atoms with van der Waals surface area (Å²) in [6, 6.07) is 1.85. The molecule has 1 N–H and O–H groups in total.